The summed E-state index contributed by atoms with van der Waals surface area (Å²) in [6.45, 7) is 2.26. The van der Waals surface area contributed by atoms with Crippen LogP contribution in [0.3, 0.4) is 0 Å². The number of aliphatic carboxylic acids is 1. The van der Waals surface area contributed by atoms with Gasteiger partial charge in [-0.05, 0) is 36.8 Å². The maximum Gasteiger partial charge on any atom is 0.305 e. The number of rotatable bonds is 9. The second-order valence-electron chi connectivity index (χ2n) is 5.77. The molecule has 2 N–H and O–H groups in total. The Balaban J connectivity index is 2.27. The molecule has 0 aliphatic rings. The maximum atomic E-state index is 12.5. The number of hydrogen-bond acceptors (Lipinski definition) is 6. The van der Waals surface area contributed by atoms with Gasteiger partial charge in [-0.2, -0.15) is 0 Å². The number of nitro benzene ring substituents is 1. The zero-order valence-electron chi connectivity index (χ0n) is 15.4. The third-order valence-corrected chi connectivity index (χ3v) is 3.91. The number of carboxylic acids is 1. The van der Waals surface area contributed by atoms with E-state index in [1.807, 2.05) is 6.92 Å². The van der Waals surface area contributed by atoms with Crippen LogP contribution in [0.2, 0.25) is 0 Å². The van der Waals surface area contributed by atoms with Crippen LogP contribution in [0.15, 0.2) is 42.5 Å². The molecule has 2 aromatic rings. The highest BCUT2D eigenvalue weighted by Gasteiger charge is 2.21. The summed E-state index contributed by atoms with van der Waals surface area (Å²) in [6.07, 6.45) is -0.351. The number of carboxylic acid groups (broad SMARTS) is 1. The van der Waals surface area contributed by atoms with Crippen molar-refractivity contribution < 1.29 is 29.1 Å². The minimum atomic E-state index is -1.10. The first kappa shape index (κ1) is 20.7. The fourth-order valence-corrected chi connectivity index (χ4v) is 2.58. The minimum Gasteiger partial charge on any atom is -0.493 e. The topological polar surface area (TPSA) is 128 Å². The molecule has 0 bridgehead atoms. The summed E-state index contributed by atoms with van der Waals surface area (Å²) >= 11 is 0. The van der Waals surface area contributed by atoms with Crippen LogP contribution >= 0.6 is 0 Å². The molecule has 0 saturated carbocycles. The molecule has 1 amide bonds. The predicted molar refractivity (Wildman–Crippen MR) is 99.7 cm³/mol. The van der Waals surface area contributed by atoms with E-state index in [0.717, 1.165) is 0 Å². The molecule has 2 aromatic carbocycles. The van der Waals surface area contributed by atoms with Crippen molar-refractivity contribution in [3.8, 4) is 11.5 Å². The van der Waals surface area contributed by atoms with E-state index >= 15 is 0 Å². The standard InChI is InChI=1S/C19H20N2O7/c1-3-28-16-9-6-13(10-17(16)27-2)15(11-18(22)23)20-19(24)12-4-7-14(8-5-12)21(25)26/h4-10,15H,3,11H2,1-2H3,(H,20,24)(H,22,23)/t15-/m1/s1. The van der Waals surface area contributed by atoms with E-state index in [0.29, 0.717) is 23.7 Å². The van der Waals surface area contributed by atoms with Crippen LogP contribution in [0.1, 0.15) is 35.3 Å². The monoisotopic (exact) mass is 388 g/mol. The number of nitrogens with zero attached hydrogens (tertiary/aromatic N) is 1. The van der Waals surface area contributed by atoms with Gasteiger partial charge in [0.05, 0.1) is 31.1 Å². The smallest absolute Gasteiger partial charge is 0.305 e. The van der Waals surface area contributed by atoms with Gasteiger partial charge < -0.3 is 19.9 Å². The Morgan fingerprint density at radius 2 is 1.86 bits per heavy atom. The molecule has 0 spiro atoms. The molecular weight excluding hydrogens is 368 g/mol. The van der Waals surface area contributed by atoms with Crippen LogP contribution < -0.4 is 14.8 Å². The normalized spacial score (nSPS) is 11.4. The van der Waals surface area contributed by atoms with E-state index in [9.17, 15) is 24.8 Å². The van der Waals surface area contributed by atoms with Crippen molar-refractivity contribution in [3.63, 3.8) is 0 Å². The Morgan fingerprint density at radius 1 is 1.18 bits per heavy atom. The van der Waals surface area contributed by atoms with Gasteiger partial charge in [-0.25, -0.2) is 0 Å². The van der Waals surface area contributed by atoms with Gasteiger partial charge in [0, 0.05) is 17.7 Å². The first-order chi connectivity index (χ1) is 13.3. The van der Waals surface area contributed by atoms with Crippen molar-refractivity contribution in [2.45, 2.75) is 19.4 Å². The lowest BCUT2D eigenvalue weighted by Gasteiger charge is -2.19. The van der Waals surface area contributed by atoms with Gasteiger partial charge in [0.25, 0.3) is 11.6 Å². The zero-order valence-corrected chi connectivity index (χ0v) is 15.4. The van der Waals surface area contributed by atoms with Crippen molar-refractivity contribution in [1.82, 2.24) is 5.32 Å². The highest BCUT2D eigenvalue weighted by Crippen LogP contribution is 2.31. The number of nitro groups is 1. The van der Waals surface area contributed by atoms with Gasteiger partial charge in [0.1, 0.15) is 0 Å². The summed E-state index contributed by atoms with van der Waals surface area (Å²) in [5.74, 6) is -0.723. The molecule has 1 atom stereocenters. The number of carbonyl (C=O) groups is 2. The van der Waals surface area contributed by atoms with Crippen molar-refractivity contribution >= 4 is 17.6 Å². The number of methoxy groups -OCH3 is 1. The van der Waals surface area contributed by atoms with E-state index < -0.39 is 22.8 Å². The summed E-state index contributed by atoms with van der Waals surface area (Å²) < 4.78 is 10.7. The van der Waals surface area contributed by atoms with Gasteiger partial charge >= 0.3 is 5.97 Å². The predicted octanol–water partition coefficient (Wildman–Crippen LogP) is 2.95. The Bertz CT molecular complexity index is 865. The SMILES string of the molecule is CCOc1ccc([C@@H](CC(=O)O)NC(=O)c2ccc([N+](=O)[O-])cc2)cc1OC. The Kier molecular flexibility index (Phi) is 6.91. The number of carbonyl (C=O) groups excluding carboxylic acids is 1. The second kappa shape index (κ2) is 9.36. The number of non-ortho nitro benzene ring substituents is 1. The number of benzene rings is 2. The van der Waals surface area contributed by atoms with E-state index in [1.54, 1.807) is 18.2 Å². The van der Waals surface area contributed by atoms with E-state index in [-0.39, 0.29) is 17.7 Å². The highest BCUT2D eigenvalue weighted by atomic mass is 16.6. The maximum absolute atomic E-state index is 12.5. The van der Waals surface area contributed by atoms with Gasteiger partial charge in [0.2, 0.25) is 0 Å². The van der Waals surface area contributed by atoms with Crippen LogP contribution in [0.5, 0.6) is 11.5 Å². The molecule has 2 rings (SSSR count). The van der Waals surface area contributed by atoms with Crippen LogP contribution in [-0.2, 0) is 4.79 Å². The van der Waals surface area contributed by atoms with Crippen LogP contribution in [0.25, 0.3) is 0 Å². The molecule has 0 heterocycles. The lowest BCUT2D eigenvalue weighted by Crippen LogP contribution is -2.30. The number of ether oxygens (including phenoxy) is 2. The minimum absolute atomic E-state index is 0.144. The molecule has 9 nitrogen and oxygen atoms in total. The summed E-state index contributed by atoms with van der Waals surface area (Å²) in [7, 11) is 1.46. The summed E-state index contributed by atoms with van der Waals surface area (Å²) in [4.78, 5) is 33.9. The number of amides is 1. The van der Waals surface area contributed by atoms with E-state index in [4.69, 9.17) is 9.47 Å². The van der Waals surface area contributed by atoms with Gasteiger partial charge in [-0.3, -0.25) is 19.7 Å². The highest BCUT2D eigenvalue weighted by molar-refractivity contribution is 5.94. The largest absolute Gasteiger partial charge is 0.493 e. The first-order valence-corrected chi connectivity index (χ1v) is 8.43. The molecule has 0 aromatic heterocycles. The Hall–Kier alpha value is -3.62. The molecule has 0 aliphatic heterocycles. The number of hydrogen-bond donors (Lipinski definition) is 2. The average Bonchev–Trinajstić information content (AvgIpc) is 2.67. The Morgan fingerprint density at radius 3 is 2.39 bits per heavy atom. The van der Waals surface area contributed by atoms with Crippen molar-refractivity contribution in [1.29, 1.82) is 0 Å². The summed E-state index contributed by atoms with van der Waals surface area (Å²) in [6, 6.07) is 9.11. The lowest BCUT2D eigenvalue weighted by molar-refractivity contribution is -0.384. The average molecular weight is 388 g/mol. The van der Waals surface area contributed by atoms with Gasteiger partial charge in [-0.1, -0.05) is 6.07 Å². The fourth-order valence-electron chi connectivity index (χ4n) is 2.58. The van der Waals surface area contributed by atoms with Crippen molar-refractivity contribution in [3.05, 3.63) is 63.7 Å². The summed E-state index contributed by atoms with van der Waals surface area (Å²) in [5, 5.41) is 22.6. The number of nitrogens with one attached hydrogen (secondary N) is 1. The molecule has 28 heavy (non-hydrogen) atoms. The fraction of sp³-hybridized carbons (Fsp3) is 0.263. The third kappa shape index (κ3) is 5.19. The Labute approximate surface area is 161 Å². The molecule has 0 fully saturated rings. The molecule has 0 saturated heterocycles. The van der Waals surface area contributed by atoms with Gasteiger partial charge in [-0.15, -0.1) is 0 Å². The first-order valence-electron chi connectivity index (χ1n) is 8.43. The molecule has 0 unspecified atom stereocenters. The van der Waals surface area contributed by atoms with Crippen LogP contribution in [0, 0.1) is 10.1 Å². The lowest BCUT2D eigenvalue weighted by atomic mass is 10.0. The zero-order chi connectivity index (χ0) is 20.7. The van der Waals surface area contributed by atoms with E-state index in [2.05, 4.69) is 5.32 Å². The van der Waals surface area contributed by atoms with E-state index in [1.165, 1.54) is 31.4 Å². The molecule has 0 aliphatic carbocycles. The molecule has 0 radical (unpaired) electrons. The van der Waals surface area contributed by atoms with Crippen molar-refractivity contribution in [2.24, 2.45) is 0 Å². The molecular formula is C19H20N2O7. The molecule has 9 heteroatoms. The van der Waals surface area contributed by atoms with Crippen molar-refractivity contribution in [2.75, 3.05) is 13.7 Å². The van der Waals surface area contributed by atoms with Crippen LogP contribution in [0.4, 0.5) is 5.69 Å². The summed E-state index contributed by atoms with van der Waals surface area (Å²) in [5.41, 5.74) is 0.562. The van der Waals surface area contributed by atoms with Gasteiger partial charge in [0.15, 0.2) is 11.5 Å². The third-order valence-electron chi connectivity index (χ3n) is 3.91. The quantitative estimate of drug-likeness (QED) is 0.499. The molecule has 148 valence electrons. The second-order valence-corrected chi connectivity index (χ2v) is 5.77. The van der Waals surface area contributed by atoms with Crippen LogP contribution in [-0.4, -0.2) is 35.6 Å².